The summed E-state index contributed by atoms with van der Waals surface area (Å²) >= 11 is 0. The van der Waals surface area contributed by atoms with E-state index in [1.165, 1.54) is 24.5 Å². The molecule has 0 saturated heterocycles. The van der Waals surface area contributed by atoms with Crippen molar-refractivity contribution < 1.29 is 26.0 Å². The molecule has 186 valence electrons. The molecule has 1 N–H and O–H groups in total. The third-order valence-electron chi connectivity index (χ3n) is 5.66. The minimum absolute atomic E-state index is 0.107. The number of sulfonamides is 1. The van der Waals surface area contributed by atoms with Gasteiger partial charge in [0.2, 0.25) is 10.0 Å². The van der Waals surface area contributed by atoms with E-state index in [2.05, 4.69) is 16.0 Å². The lowest BCUT2D eigenvalue weighted by atomic mass is 10.1. The molecule has 0 unspecified atom stereocenters. The summed E-state index contributed by atoms with van der Waals surface area (Å²) in [5.74, 6) is -0.473. The zero-order chi connectivity index (χ0) is 26.3. The zero-order valence-electron chi connectivity index (χ0n) is 19.0. The molecule has 0 saturated carbocycles. The Labute approximate surface area is 204 Å². The van der Waals surface area contributed by atoms with Crippen LogP contribution in [0, 0.1) is 17.1 Å². The number of alkyl halides is 3. The van der Waals surface area contributed by atoms with Crippen LogP contribution in [-0.4, -0.2) is 35.2 Å². The van der Waals surface area contributed by atoms with Crippen molar-refractivity contribution in [2.75, 3.05) is 0 Å². The molecular weight excluding hydrogens is 498 g/mol. The van der Waals surface area contributed by atoms with Gasteiger partial charge >= 0.3 is 6.18 Å². The lowest BCUT2D eigenvalue weighted by molar-refractivity contribution is -0.147. The van der Waals surface area contributed by atoms with Gasteiger partial charge in [0, 0.05) is 29.7 Å². The Kier molecular flexibility index (Phi) is 6.55. The number of benzene rings is 1. The number of rotatable bonds is 6. The number of nitriles is 1. The number of nitrogens with zero attached hydrogens (tertiary/aromatic N) is 4. The summed E-state index contributed by atoms with van der Waals surface area (Å²) in [4.78, 5) is 7.68. The molecule has 4 rings (SSSR count). The second-order valence-electron chi connectivity index (χ2n) is 7.95. The Morgan fingerprint density at radius 1 is 1.17 bits per heavy atom. The van der Waals surface area contributed by atoms with Crippen molar-refractivity contribution in [1.82, 2.24) is 19.3 Å². The van der Waals surface area contributed by atoms with Crippen LogP contribution in [0.1, 0.15) is 25.0 Å². The van der Waals surface area contributed by atoms with Gasteiger partial charge in [0.05, 0.1) is 22.5 Å². The molecule has 0 aliphatic carbocycles. The molecule has 0 bridgehead atoms. The number of fused-ring (bicyclic) bond motifs is 1. The van der Waals surface area contributed by atoms with Gasteiger partial charge in [-0.05, 0) is 55.3 Å². The van der Waals surface area contributed by atoms with Gasteiger partial charge in [-0.3, -0.25) is 9.97 Å². The summed E-state index contributed by atoms with van der Waals surface area (Å²) in [6, 6.07) is 8.44. The van der Waals surface area contributed by atoms with Crippen molar-refractivity contribution in [2.24, 2.45) is 0 Å². The molecule has 0 fully saturated rings. The van der Waals surface area contributed by atoms with E-state index in [9.17, 15) is 31.2 Å². The Hall–Kier alpha value is -3.82. The van der Waals surface area contributed by atoms with Crippen LogP contribution in [0.15, 0.2) is 59.9 Å². The van der Waals surface area contributed by atoms with Crippen LogP contribution in [-0.2, 0) is 16.4 Å². The topological polar surface area (TPSA) is 101 Å². The lowest BCUT2D eigenvalue weighted by Crippen LogP contribution is -2.42. The molecule has 1 aromatic carbocycles. The highest BCUT2D eigenvalue weighted by molar-refractivity contribution is 7.89. The first-order valence-corrected chi connectivity index (χ1v) is 12.2. The molecule has 0 aliphatic rings. The van der Waals surface area contributed by atoms with E-state index >= 15 is 0 Å². The molecule has 36 heavy (non-hydrogen) atoms. The number of aromatic nitrogens is 3. The third-order valence-corrected chi connectivity index (χ3v) is 7.19. The van der Waals surface area contributed by atoms with Crippen LogP contribution in [0.25, 0.3) is 28.0 Å². The van der Waals surface area contributed by atoms with Crippen LogP contribution in [0.2, 0.25) is 0 Å². The first-order chi connectivity index (χ1) is 17.0. The second-order valence-corrected chi connectivity index (χ2v) is 9.67. The minimum atomic E-state index is -4.76. The highest BCUT2D eigenvalue weighted by Crippen LogP contribution is 2.37. The zero-order valence-corrected chi connectivity index (χ0v) is 19.8. The highest BCUT2D eigenvalue weighted by atomic mass is 32.2. The first-order valence-electron chi connectivity index (χ1n) is 10.7. The fraction of sp³-hybridized carbons (Fsp3) is 0.208. The number of halogens is 4. The van der Waals surface area contributed by atoms with Gasteiger partial charge in [0.15, 0.2) is 0 Å². The smallest absolute Gasteiger partial charge is 0.306 e. The van der Waals surface area contributed by atoms with Gasteiger partial charge in [0.25, 0.3) is 0 Å². The lowest BCUT2D eigenvalue weighted by Gasteiger charge is -2.17. The minimum Gasteiger partial charge on any atom is -0.306 e. The summed E-state index contributed by atoms with van der Waals surface area (Å²) in [5, 5.41) is 10.3. The van der Waals surface area contributed by atoms with Gasteiger partial charge in [-0.15, -0.1) is 0 Å². The van der Waals surface area contributed by atoms with Crippen molar-refractivity contribution in [1.29, 1.82) is 5.26 Å². The fourth-order valence-electron chi connectivity index (χ4n) is 3.79. The van der Waals surface area contributed by atoms with E-state index in [1.807, 2.05) is 0 Å². The average molecular weight is 518 g/mol. The highest BCUT2D eigenvalue weighted by Gasteiger charge is 2.39. The van der Waals surface area contributed by atoms with E-state index in [-0.39, 0.29) is 17.0 Å². The van der Waals surface area contributed by atoms with Gasteiger partial charge in [-0.25, -0.2) is 12.8 Å². The normalized spacial score (nSPS) is 13.0. The maximum Gasteiger partial charge on any atom is 0.404 e. The average Bonchev–Trinajstić information content (AvgIpc) is 3.16. The van der Waals surface area contributed by atoms with E-state index < -0.39 is 33.0 Å². The quantitative estimate of drug-likeness (QED) is 0.367. The summed E-state index contributed by atoms with van der Waals surface area (Å²) in [6.07, 6.45) is -0.362. The van der Waals surface area contributed by atoms with Crippen molar-refractivity contribution in [3.63, 3.8) is 0 Å². The SMILES string of the molecule is CCc1cc2c(cc1F)c(C#N)c(-c1ccc(S(=O)(=O)N[C@@H](C)C(F)(F)F)cn1)n2-c1ccncc1. The summed E-state index contributed by atoms with van der Waals surface area (Å²) in [7, 11) is -4.52. The maximum atomic E-state index is 14.7. The third kappa shape index (κ3) is 4.55. The Morgan fingerprint density at radius 2 is 1.86 bits per heavy atom. The van der Waals surface area contributed by atoms with Crippen molar-refractivity contribution >= 4 is 20.9 Å². The molecule has 0 radical (unpaired) electrons. The number of aryl methyl sites for hydroxylation is 1. The predicted octanol–water partition coefficient (Wildman–Crippen LogP) is 4.89. The largest absolute Gasteiger partial charge is 0.404 e. The van der Waals surface area contributed by atoms with E-state index in [0.29, 0.717) is 35.5 Å². The standard InChI is InChI=1S/C24H19F4N5O2S/c1-3-15-10-22-18(11-20(15)25)19(12-29)23(33(22)16-6-8-30-9-7-16)21-5-4-17(13-31-21)36(34,35)32-14(2)24(26,27)28/h4-11,13-14,32H,3H2,1-2H3/t14-/m0/s1. The van der Waals surface area contributed by atoms with Crippen molar-refractivity contribution in [2.45, 2.75) is 37.4 Å². The van der Waals surface area contributed by atoms with Crippen LogP contribution < -0.4 is 4.72 Å². The van der Waals surface area contributed by atoms with E-state index in [4.69, 9.17) is 0 Å². The molecule has 0 spiro atoms. The predicted molar refractivity (Wildman–Crippen MR) is 124 cm³/mol. The van der Waals surface area contributed by atoms with Gasteiger partial charge in [0.1, 0.15) is 22.8 Å². The van der Waals surface area contributed by atoms with E-state index in [0.717, 1.165) is 12.3 Å². The molecule has 3 heterocycles. The molecule has 4 aromatic rings. The number of nitrogens with one attached hydrogen (secondary N) is 1. The molecule has 3 aromatic heterocycles. The van der Waals surface area contributed by atoms with Crippen molar-refractivity contribution in [3.8, 4) is 23.1 Å². The number of hydrogen-bond donors (Lipinski definition) is 1. The Balaban J connectivity index is 1.91. The maximum absolute atomic E-state index is 14.7. The molecule has 0 amide bonds. The van der Waals surface area contributed by atoms with Crippen LogP contribution in [0.5, 0.6) is 0 Å². The fourth-order valence-corrected chi connectivity index (χ4v) is 4.96. The number of pyridine rings is 2. The first kappa shape index (κ1) is 25.3. The summed E-state index contributed by atoms with van der Waals surface area (Å²) < 4.78 is 81.3. The molecular formula is C24H19F4N5O2S. The second kappa shape index (κ2) is 9.33. The molecule has 12 heteroatoms. The Bertz CT molecular complexity index is 1580. The van der Waals surface area contributed by atoms with Crippen LogP contribution in [0.4, 0.5) is 17.6 Å². The summed E-state index contributed by atoms with van der Waals surface area (Å²) in [6.45, 7) is 2.49. The number of hydrogen-bond acceptors (Lipinski definition) is 5. The summed E-state index contributed by atoms with van der Waals surface area (Å²) in [5.41, 5.74) is 2.11. The molecule has 1 atom stereocenters. The van der Waals surface area contributed by atoms with Gasteiger partial charge in [-0.1, -0.05) is 6.92 Å². The van der Waals surface area contributed by atoms with Crippen molar-refractivity contribution in [3.05, 3.63) is 71.9 Å². The van der Waals surface area contributed by atoms with Gasteiger partial charge < -0.3 is 4.57 Å². The van der Waals surface area contributed by atoms with E-state index in [1.54, 1.807) is 34.4 Å². The molecule has 7 nitrogen and oxygen atoms in total. The monoisotopic (exact) mass is 517 g/mol. The van der Waals surface area contributed by atoms with Gasteiger partial charge in [-0.2, -0.15) is 23.2 Å². The Morgan fingerprint density at radius 3 is 2.42 bits per heavy atom. The van der Waals surface area contributed by atoms with Crippen LogP contribution in [0.3, 0.4) is 0 Å². The molecule has 0 aliphatic heterocycles. The van der Waals surface area contributed by atoms with Crippen LogP contribution >= 0.6 is 0 Å².